The highest BCUT2D eigenvalue weighted by molar-refractivity contribution is 7.89. The van der Waals surface area contributed by atoms with E-state index < -0.39 is 20.0 Å². The molecule has 1 fully saturated rings. The number of carbonyl (C=O) groups excluding carboxylic acids is 1. The SMILES string of the molecule is CNC(=O)c1ccc(S(=O)(=O)NCC2CCCN(S(C)(=O)=O)C2)cc1. The average Bonchev–Trinajstić information content (AvgIpc) is 2.59. The molecule has 2 rings (SSSR count). The lowest BCUT2D eigenvalue weighted by atomic mass is 10.0. The zero-order valence-corrected chi connectivity index (χ0v) is 15.9. The van der Waals surface area contributed by atoms with Gasteiger partial charge in [-0.3, -0.25) is 4.79 Å². The molecule has 0 saturated carbocycles. The molecule has 8 nitrogen and oxygen atoms in total. The van der Waals surface area contributed by atoms with Crippen molar-refractivity contribution in [2.24, 2.45) is 5.92 Å². The summed E-state index contributed by atoms with van der Waals surface area (Å²) in [7, 11) is -5.47. The van der Waals surface area contributed by atoms with E-state index in [1.807, 2.05) is 0 Å². The second-order valence-electron chi connectivity index (χ2n) is 6.08. The molecular formula is C15H23N3O5S2. The van der Waals surface area contributed by atoms with Crippen LogP contribution in [-0.2, 0) is 20.0 Å². The van der Waals surface area contributed by atoms with Crippen molar-refractivity contribution < 1.29 is 21.6 Å². The average molecular weight is 389 g/mol. The number of hydrogen-bond donors (Lipinski definition) is 2. The number of nitrogens with one attached hydrogen (secondary N) is 2. The first kappa shape index (κ1) is 19.8. The molecule has 1 atom stereocenters. The zero-order valence-electron chi connectivity index (χ0n) is 14.2. The molecule has 1 unspecified atom stereocenters. The van der Waals surface area contributed by atoms with E-state index >= 15 is 0 Å². The number of carbonyl (C=O) groups is 1. The summed E-state index contributed by atoms with van der Waals surface area (Å²) >= 11 is 0. The number of nitrogens with zero attached hydrogens (tertiary/aromatic N) is 1. The van der Waals surface area contributed by atoms with Gasteiger partial charge in [-0.15, -0.1) is 0 Å². The summed E-state index contributed by atoms with van der Waals surface area (Å²) in [6, 6.07) is 5.63. The van der Waals surface area contributed by atoms with Gasteiger partial charge in [0.2, 0.25) is 20.0 Å². The molecule has 1 aromatic rings. The van der Waals surface area contributed by atoms with Crippen LogP contribution in [0.3, 0.4) is 0 Å². The van der Waals surface area contributed by atoms with Gasteiger partial charge in [-0.1, -0.05) is 0 Å². The van der Waals surface area contributed by atoms with E-state index in [0.29, 0.717) is 25.1 Å². The second-order valence-corrected chi connectivity index (χ2v) is 9.83. The lowest BCUT2D eigenvalue weighted by Gasteiger charge is -2.30. The highest BCUT2D eigenvalue weighted by Crippen LogP contribution is 2.19. The van der Waals surface area contributed by atoms with Gasteiger partial charge in [-0.05, 0) is 43.0 Å². The fourth-order valence-electron chi connectivity index (χ4n) is 2.74. The van der Waals surface area contributed by atoms with Crippen molar-refractivity contribution in [2.75, 3.05) is 32.9 Å². The van der Waals surface area contributed by atoms with Gasteiger partial charge < -0.3 is 5.32 Å². The molecule has 140 valence electrons. The highest BCUT2D eigenvalue weighted by atomic mass is 32.2. The summed E-state index contributed by atoms with van der Waals surface area (Å²) < 4.78 is 51.9. The van der Waals surface area contributed by atoms with Crippen LogP contribution >= 0.6 is 0 Å². The Kier molecular flexibility index (Phi) is 6.20. The molecule has 1 aromatic carbocycles. The molecule has 1 saturated heterocycles. The minimum atomic E-state index is -3.71. The normalized spacial score (nSPS) is 19.5. The Bertz CT molecular complexity index is 819. The first-order valence-corrected chi connectivity index (χ1v) is 11.2. The molecule has 0 spiro atoms. The van der Waals surface area contributed by atoms with E-state index in [2.05, 4.69) is 10.0 Å². The number of piperidine rings is 1. The first-order chi connectivity index (χ1) is 11.6. The van der Waals surface area contributed by atoms with Crippen molar-refractivity contribution in [3.63, 3.8) is 0 Å². The van der Waals surface area contributed by atoms with E-state index in [1.165, 1.54) is 35.6 Å². The second kappa shape index (κ2) is 7.81. The first-order valence-electron chi connectivity index (χ1n) is 7.90. The zero-order chi connectivity index (χ0) is 18.7. The minimum absolute atomic E-state index is 0.0657. The maximum absolute atomic E-state index is 12.4. The van der Waals surface area contributed by atoms with Crippen molar-refractivity contribution in [2.45, 2.75) is 17.7 Å². The highest BCUT2D eigenvalue weighted by Gasteiger charge is 2.27. The Morgan fingerprint density at radius 1 is 1.20 bits per heavy atom. The summed E-state index contributed by atoms with van der Waals surface area (Å²) in [5.74, 6) is -0.358. The van der Waals surface area contributed by atoms with Crippen molar-refractivity contribution in [1.29, 1.82) is 0 Å². The smallest absolute Gasteiger partial charge is 0.251 e. The van der Waals surface area contributed by atoms with E-state index in [9.17, 15) is 21.6 Å². The molecule has 1 amide bonds. The van der Waals surface area contributed by atoms with Gasteiger partial charge in [0.25, 0.3) is 5.91 Å². The Labute approximate surface area is 148 Å². The number of rotatable bonds is 6. The maximum Gasteiger partial charge on any atom is 0.251 e. The third-order valence-corrected chi connectivity index (χ3v) is 6.88. The number of benzene rings is 1. The summed E-state index contributed by atoms with van der Waals surface area (Å²) in [5, 5.41) is 2.47. The lowest BCUT2D eigenvalue weighted by molar-refractivity contribution is 0.0963. The summed E-state index contributed by atoms with van der Waals surface area (Å²) in [6.07, 6.45) is 2.64. The minimum Gasteiger partial charge on any atom is -0.355 e. The summed E-state index contributed by atoms with van der Waals surface area (Å²) in [4.78, 5) is 11.6. The fraction of sp³-hybridized carbons (Fsp3) is 0.533. The van der Waals surface area contributed by atoms with Crippen molar-refractivity contribution in [3.8, 4) is 0 Å². The number of sulfonamides is 2. The molecule has 1 heterocycles. The van der Waals surface area contributed by atoms with Crippen LogP contribution in [0.25, 0.3) is 0 Å². The number of amides is 1. The van der Waals surface area contributed by atoms with E-state index in [-0.39, 0.29) is 23.3 Å². The molecule has 0 aromatic heterocycles. The summed E-state index contributed by atoms with van der Waals surface area (Å²) in [6.45, 7) is 0.964. The Balaban J connectivity index is 2.00. The van der Waals surface area contributed by atoms with Crippen molar-refractivity contribution in [1.82, 2.24) is 14.3 Å². The molecule has 0 bridgehead atoms. The Hall–Kier alpha value is -1.49. The van der Waals surface area contributed by atoms with Crippen molar-refractivity contribution >= 4 is 26.0 Å². The van der Waals surface area contributed by atoms with Crippen LogP contribution in [0.2, 0.25) is 0 Å². The maximum atomic E-state index is 12.4. The molecule has 0 aliphatic carbocycles. The standard InChI is InChI=1S/C15H23N3O5S2/c1-16-15(19)13-5-7-14(8-6-13)25(22,23)17-10-12-4-3-9-18(11-12)24(2,20)21/h5-8,12,17H,3-4,9-11H2,1-2H3,(H,16,19). The van der Waals surface area contributed by atoms with Crippen molar-refractivity contribution in [3.05, 3.63) is 29.8 Å². The monoisotopic (exact) mass is 389 g/mol. The van der Waals surface area contributed by atoms with Gasteiger partial charge in [0, 0.05) is 32.2 Å². The van der Waals surface area contributed by atoms with Crippen LogP contribution in [0.5, 0.6) is 0 Å². The van der Waals surface area contributed by atoms with E-state index in [0.717, 1.165) is 12.7 Å². The molecule has 2 N–H and O–H groups in total. The molecule has 1 aliphatic rings. The molecule has 0 radical (unpaired) electrons. The predicted molar refractivity (Wildman–Crippen MR) is 94.2 cm³/mol. The Morgan fingerprint density at radius 2 is 1.84 bits per heavy atom. The van der Waals surface area contributed by atoms with Gasteiger partial charge in [0.1, 0.15) is 0 Å². The van der Waals surface area contributed by atoms with Crippen LogP contribution in [0.15, 0.2) is 29.2 Å². The number of hydrogen-bond acceptors (Lipinski definition) is 5. The lowest BCUT2D eigenvalue weighted by Crippen LogP contribution is -2.43. The third-order valence-electron chi connectivity index (χ3n) is 4.17. The fourth-order valence-corrected chi connectivity index (χ4v) is 4.79. The van der Waals surface area contributed by atoms with Crippen LogP contribution in [0, 0.1) is 5.92 Å². The van der Waals surface area contributed by atoms with E-state index in [1.54, 1.807) is 0 Å². The van der Waals surface area contributed by atoms with Crippen LogP contribution < -0.4 is 10.0 Å². The van der Waals surface area contributed by atoms with Crippen LogP contribution in [0.1, 0.15) is 23.2 Å². The molecular weight excluding hydrogens is 366 g/mol. The molecule has 25 heavy (non-hydrogen) atoms. The van der Waals surface area contributed by atoms with Gasteiger partial charge in [-0.25, -0.2) is 25.9 Å². The van der Waals surface area contributed by atoms with Crippen LogP contribution in [0.4, 0.5) is 0 Å². The van der Waals surface area contributed by atoms with E-state index in [4.69, 9.17) is 0 Å². The summed E-state index contributed by atoms with van der Waals surface area (Å²) in [5.41, 5.74) is 0.373. The molecule has 10 heteroatoms. The molecule has 1 aliphatic heterocycles. The van der Waals surface area contributed by atoms with Gasteiger partial charge in [-0.2, -0.15) is 0 Å². The Morgan fingerprint density at radius 3 is 2.40 bits per heavy atom. The topological polar surface area (TPSA) is 113 Å². The largest absolute Gasteiger partial charge is 0.355 e. The van der Waals surface area contributed by atoms with Gasteiger partial charge >= 0.3 is 0 Å². The van der Waals surface area contributed by atoms with Crippen LogP contribution in [-0.4, -0.2) is 60.0 Å². The predicted octanol–water partition coefficient (Wildman–Crippen LogP) is -0.00390. The quantitative estimate of drug-likeness (QED) is 0.711. The third kappa shape index (κ3) is 5.24. The van der Waals surface area contributed by atoms with Gasteiger partial charge in [0.15, 0.2) is 0 Å². The van der Waals surface area contributed by atoms with Gasteiger partial charge in [0.05, 0.1) is 11.2 Å².